The minimum absolute atomic E-state index is 0.123. The van der Waals surface area contributed by atoms with Gasteiger partial charge in [-0.2, -0.15) is 0 Å². The maximum Gasteiger partial charge on any atom is 0.266 e. The van der Waals surface area contributed by atoms with Gasteiger partial charge in [-0.3, -0.25) is 14.5 Å². The quantitative estimate of drug-likeness (QED) is 0.282. The zero-order valence-corrected chi connectivity index (χ0v) is 20.2. The molecule has 6 nitrogen and oxygen atoms in total. The minimum atomic E-state index is -0.364. The van der Waals surface area contributed by atoms with Gasteiger partial charge < -0.3 is 14.8 Å². The molecule has 2 aromatic rings. The number of thiocarbonyl (C=S) groups is 1. The molecule has 2 amide bonds. The average molecular weight is 511 g/mol. The van der Waals surface area contributed by atoms with E-state index < -0.39 is 0 Å². The van der Waals surface area contributed by atoms with Crippen LogP contribution < -0.4 is 10.1 Å². The number of thioether (sulfide) groups is 1. The number of benzene rings is 2. The van der Waals surface area contributed by atoms with E-state index in [0.29, 0.717) is 50.3 Å². The number of methoxy groups -OCH3 is 1. The van der Waals surface area contributed by atoms with E-state index in [1.165, 1.54) is 11.8 Å². The predicted octanol–water partition coefficient (Wildman–Crippen LogP) is 5.25. The van der Waals surface area contributed by atoms with Gasteiger partial charge in [0.2, 0.25) is 0 Å². The number of hydrogen-bond acceptors (Lipinski definition) is 6. The van der Waals surface area contributed by atoms with Crippen molar-refractivity contribution < 1.29 is 19.1 Å². The van der Waals surface area contributed by atoms with Crippen molar-refractivity contribution in [2.45, 2.75) is 6.42 Å². The lowest BCUT2D eigenvalue weighted by molar-refractivity contribution is -0.122. The Morgan fingerprint density at radius 1 is 1.25 bits per heavy atom. The molecule has 0 radical (unpaired) electrons. The fourth-order valence-electron chi connectivity index (χ4n) is 2.83. The Hall–Kier alpha value is -2.10. The van der Waals surface area contributed by atoms with Crippen LogP contribution in [0.5, 0.6) is 5.75 Å². The standard InChI is InChI=1S/C22H20Cl2N2O4S2/c1-29-9-3-8-26-21(28)19(32-22(26)31)11-14-4-2-5-16(10-14)30-13-20(27)25-18-7-6-15(23)12-17(18)24/h2,4-7,10-12H,3,8-9,13H2,1H3,(H,25,27)/b19-11-. The van der Waals surface area contributed by atoms with Gasteiger partial charge in [-0.1, -0.05) is 59.3 Å². The van der Waals surface area contributed by atoms with Crippen LogP contribution in [0.3, 0.4) is 0 Å². The molecule has 1 N–H and O–H groups in total. The maximum absolute atomic E-state index is 12.6. The highest BCUT2D eigenvalue weighted by molar-refractivity contribution is 8.26. The summed E-state index contributed by atoms with van der Waals surface area (Å²) in [5.41, 5.74) is 1.21. The first-order valence-corrected chi connectivity index (χ1v) is 11.6. The minimum Gasteiger partial charge on any atom is -0.484 e. The molecule has 2 aromatic carbocycles. The Kier molecular flexibility index (Phi) is 8.95. The molecule has 1 fully saturated rings. The van der Waals surface area contributed by atoms with E-state index in [4.69, 9.17) is 44.9 Å². The van der Waals surface area contributed by atoms with Crippen LogP contribution in [0.4, 0.5) is 5.69 Å². The van der Waals surface area contributed by atoms with Crippen molar-refractivity contribution in [3.63, 3.8) is 0 Å². The summed E-state index contributed by atoms with van der Waals surface area (Å²) in [6, 6.07) is 11.9. The Bertz CT molecular complexity index is 1060. The summed E-state index contributed by atoms with van der Waals surface area (Å²) < 4.78 is 11.2. The van der Waals surface area contributed by atoms with Gasteiger partial charge >= 0.3 is 0 Å². The second kappa shape index (κ2) is 11.7. The second-order valence-electron chi connectivity index (χ2n) is 6.71. The van der Waals surface area contributed by atoms with Crippen LogP contribution in [0.1, 0.15) is 12.0 Å². The molecule has 0 bridgehead atoms. The smallest absolute Gasteiger partial charge is 0.266 e. The lowest BCUT2D eigenvalue weighted by Crippen LogP contribution is -2.29. The molecule has 0 spiro atoms. The van der Waals surface area contributed by atoms with E-state index in [-0.39, 0.29) is 18.4 Å². The number of nitrogens with zero attached hydrogens (tertiary/aromatic N) is 1. The fourth-order valence-corrected chi connectivity index (χ4v) is 4.60. The van der Waals surface area contributed by atoms with Crippen molar-refractivity contribution in [3.8, 4) is 5.75 Å². The number of carbonyl (C=O) groups excluding carboxylic acids is 2. The summed E-state index contributed by atoms with van der Waals surface area (Å²) in [5, 5.41) is 3.49. The van der Waals surface area contributed by atoms with Crippen LogP contribution in [0.2, 0.25) is 10.0 Å². The van der Waals surface area contributed by atoms with Gasteiger partial charge in [-0.25, -0.2) is 0 Å². The molecule has 1 aliphatic rings. The molecule has 0 aliphatic carbocycles. The molecule has 3 rings (SSSR count). The summed E-state index contributed by atoms with van der Waals surface area (Å²) in [6.45, 7) is 0.878. The second-order valence-corrected chi connectivity index (χ2v) is 9.23. The first-order valence-electron chi connectivity index (χ1n) is 9.59. The van der Waals surface area contributed by atoms with Crippen LogP contribution in [0, 0.1) is 0 Å². The number of halogens is 2. The maximum atomic E-state index is 12.6. The molecule has 0 unspecified atom stereocenters. The van der Waals surface area contributed by atoms with E-state index in [1.807, 2.05) is 6.07 Å². The van der Waals surface area contributed by atoms with Gasteiger partial charge in [0.05, 0.1) is 15.6 Å². The van der Waals surface area contributed by atoms with Gasteiger partial charge in [0, 0.05) is 25.3 Å². The number of amides is 2. The number of carbonyl (C=O) groups is 2. The molecule has 1 heterocycles. The van der Waals surface area contributed by atoms with E-state index in [9.17, 15) is 9.59 Å². The van der Waals surface area contributed by atoms with E-state index in [0.717, 1.165) is 5.56 Å². The van der Waals surface area contributed by atoms with Gasteiger partial charge in [0.25, 0.3) is 11.8 Å². The third-order valence-corrected chi connectivity index (χ3v) is 6.26. The zero-order chi connectivity index (χ0) is 23.1. The van der Waals surface area contributed by atoms with Gasteiger partial charge in [-0.05, 0) is 48.4 Å². The van der Waals surface area contributed by atoms with Crippen LogP contribution >= 0.6 is 47.2 Å². The van der Waals surface area contributed by atoms with Crippen LogP contribution in [0.15, 0.2) is 47.4 Å². The van der Waals surface area contributed by atoms with Crippen LogP contribution in [-0.2, 0) is 14.3 Å². The summed E-state index contributed by atoms with van der Waals surface area (Å²) in [5.74, 6) is 0.00452. The Balaban J connectivity index is 1.60. The summed E-state index contributed by atoms with van der Waals surface area (Å²) in [6.07, 6.45) is 2.47. The molecule has 32 heavy (non-hydrogen) atoms. The average Bonchev–Trinajstić information content (AvgIpc) is 3.02. The Morgan fingerprint density at radius 2 is 2.06 bits per heavy atom. The van der Waals surface area contributed by atoms with E-state index in [2.05, 4.69) is 5.32 Å². The normalized spacial score (nSPS) is 14.8. The van der Waals surface area contributed by atoms with E-state index >= 15 is 0 Å². The number of nitrogens with one attached hydrogen (secondary N) is 1. The highest BCUT2D eigenvalue weighted by atomic mass is 35.5. The van der Waals surface area contributed by atoms with Gasteiger partial charge in [-0.15, -0.1) is 0 Å². The Morgan fingerprint density at radius 3 is 2.81 bits per heavy atom. The number of hydrogen-bond donors (Lipinski definition) is 1. The van der Waals surface area contributed by atoms with Crippen LogP contribution in [-0.4, -0.2) is 47.9 Å². The van der Waals surface area contributed by atoms with Gasteiger partial charge in [0.15, 0.2) is 6.61 Å². The molecule has 0 saturated carbocycles. The monoisotopic (exact) mass is 510 g/mol. The highest BCUT2D eigenvalue weighted by Gasteiger charge is 2.31. The largest absolute Gasteiger partial charge is 0.484 e. The molecular weight excluding hydrogens is 491 g/mol. The number of anilines is 1. The zero-order valence-electron chi connectivity index (χ0n) is 17.1. The molecule has 1 aliphatic heterocycles. The van der Waals surface area contributed by atoms with Crippen molar-refractivity contribution in [3.05, 3.63) is 63.0 Å². The third-order valence-electron chi connectivity index (χ3n) is 4.33. The lowest BCUT2D eigenvalue weighted by atomic mass is 10.2. The topological polar surface area (TPSA) is 67.9 Å². The molecule has 168 valence electrons. The predicted molar refractivity (Wildman–Crippen MR) is 133 cm³/mol. The lowest BCUT2D eigenvalue weighted by Gasteiger charge is -2.13. The van der Waals surface area contributed by atoms with Crippen molar-refractivity contribution in [2.24, 2.45) is 0 Å². The number of ether oxygens (including phenoxy) is 2. The van der Waals surface area contributed by atoms with Gasteiger partial charge in [0.1, 0.15) is 10.1 Å². The van der Waals surface area contributed by atoms with Crippen LogP contribution in [0.25, 0.3) is 6.08 Å². The Labute approximate surface area is 205 Å². The summed E-state index contributed by atoms with van der Waals surface area (Å²) in [7, 11) is 1.62. The molecule has 0 aromatic heterocycles. The number of rotatable bonds is 9. The van der Waals surface area contributed by atoms with E-state index in [1.54, 1.807) is 54.5 Å². The van der Waals surface area contributed by atoms with Crippen molar-refractivity contribution in [2.75, 3.05) is 32.2 Å². The SMILES string of the molecule is COCCCN1C(=O)/C(=C/c2cccc(OCC(=O)Nc3ccc(Cl)cc3Cl)c2)SC1=S. The first kappa shape index (κ1) is 24.5. The van der Waals surface area contributed by atoms with Crippen molar-refractivity contribution >= 4 is 75.1 Å². The summed E-state index contributed by atoms with van der Waals surface area (Å²) in [4.78, 5) is 27.0. The molecule has 0 atom stereocenters. The van der Waals surface area contributed by atoms with Crippen molar-refractivity contribution in [1.29, 1.82) is 0 Å². The first-order chi connectivity index (χ1) is 15.4. The highest BCUT2D eigenvalue weighted by Crippen LogP contribution is 2.33. The van der Waals surface area contributed by atoms with Crippen molar-refractivity contribution in [1.82, 2.24) is 4.90 Å². The molecule has 10 heteroatoms. The molecular formula is C22H20Cl2N2O4S2. The molecule has 1 saturated heterocycles. The third kappa shape index (κ3) is 6.70. The summed E-state index contributed by atoms with van der Waals surface area (Å²) >= 11 is 18.5. The fraction of sp³-hybridized carbons (Fsp3) is 0.227.